The number of aryl methyl sites for hydroxylation is 1. The molecule has 9 nitrogen and oxygen atoms in total. The molecule has 0 saturated carbocycles. The van der Waals surface area contributed by atoms with Crippen LogP contribution in [-0.4, -0.2) is 88.0 Å². The summed E-state index contributed by atoms with van der Waals surface area (Å²) in [6, 6.07) is 0. The Morgan fingerprint density at radius 1 is 1.12 bits per heavy atom. The zero-order valence-electron chi connectivity index (χ0n) is 13.6. The Hall–Kier alpha value is -1.17. The highest BCUT2D eigenvalue weighted by atomic mass is 32.2. The molecule has 0 bridgehead atoms. The molecule has 0 aliphatic carbocycles. The van der Waals surface area contributed by atoms with Crippen LogP contribution >= 0.6 is 11.8 Å². The minimum atomic E-state index is -3.36. The molecule has 0 atom stereocenters. The maximum atomic E-state index is 12.5. The van der Waals surface area contributed by atoms with E-state index in [9.17, 15) is 13.2 Å². The number of hydrogen-bond acceptors (Lipinski definition) is 6. The van der Waals surface area contributed by atoms with Gasteiger partial charge in [-0.05, 0) is 19.8 Å². The summed E-state index contributed by atoms with van der Waals surface area (Å²) in [7, 11) is -3.36. The number of aromatic nitrogens is 3. The van der Waals surface area contributed by atoms with Crippen LogP contribution in [0.1, 0.15) is 18.7 Å². The van der Waals surface area contributed by atoms with Crippen LogP contribution in [0.15, 0.2) is 5.16 Å². The van der Waals surface area contributed by atoms with Crippen LogP contribution < -0.4 is 0 Å². The fourth-order valence-electron chi connectivity index (χ4n) is 2.85. The SMILES string of the molecule is Cc1nc(SCC(=O)N2CCN(S(=O)(=O)N3CCCC3)CC2)n[nH]1. The van der Waals surface area contributed by atoms with Gasteiger partial charge in [-0.3, -0.25) is 9.89 Å². The highest BCUT2D eigenvalue weighted by Crippen LogP contribution is 2.19. The molecule has 24 heavy (non-hydrogen) atoms. The van der Waals surface area contributed by atoms with Gasteiger partial charge in [0.2, 0.25) is 11.1 Å². The second-order valence-electron chi connectivity index (χ2n) is 5.89. The molecule has 1 N–H and O–H groups in total. The average Bonchev–Trinajstić information content (AvgIpc) is 3.24. The van der Waals surface area contributed by atoms with Crippen molar-refractivity contribution in [1.29, 1.82) is 0 Å². The molecule has 1 aromatic rings. The molecule has 3 rings (SSSR count). The first-order valence-corrected chi connectivity index (χ1v) is 10.4. The molecular formula is C13H22N6O3S2. The van der Waals surface area contributed by atoms with Gasteiger partial charge in [0.25, 0.3) is 10.2 Å². The summed E-state index contributed by atoms with van der Waals surface area (Å²) in [5.41, 5.74) is 0. The van der Waals surface area contributed by atoms with Crippen molar-refractivity contribution in [2.75, 3.05) is 45.0 Å². The summed E-state index contributed by atoms with van der Waals surface area (Å²) in [5, 5.41) is 7.27. The lowest BCUT2D eigenvalue weighted by Gasteiger charge is -2.35. The second kappa shape index (κ2) is 7.38. The maximum absolute atomic E-state index is 12.5. The number of carbonyl (C=O) groups excluding carboxylic acids is 1. The first-order valence-electron chi connectivity index (χ1n) is 8.01. The summed E-state index contributed by atoms with van der Waals surface area (Å²) in [6.07, 6.45) is 1.85. The number of carbonyl (C=O) groups is 1. The lowest BCUT2D eigenvalue weighted by atomic mass is 10.3. The number of rotatable bonds is 5. The minimum absolute atomic E-state index is 0.0133. The van der Waals surface area contributed by atoms with Gasteiger partial charge in [-0.15, -0.1) is 5.10 Å². The highest BCUT2D eigenvalue weighted by Gasteiger charge is 2.34. The highest BCUT2D eigenvalue weighted by molar-refractivity contribution is 7.99. The summed E-state index contributed by atoms with van der Waals surface area (Å²) >= 11 is 1.28. The normalized spacial score (nSPS) is 20.6. The molecule has 134 valence electrons. The number of amides is 1. The molecule has 2 fully saturated rings. The van der Waals surface area contributed by atoms with E-state index in [1.54, 1.807) is 16.1 Å². The van der Waals surface area contributed by atoms with Crippen molar-refractivity contribution in [3.63, 3.8) is 0 Å². The number of thioether (sulfide) groups is 1. The molecule has 2 aliphatic rings. The van der Waals surface area contributed by atoms with E-state index in [-0.39, 0.29) is 11.7 Å². The third kappa shape index (κ3) is 3.90. The zero-order valence-corrected chi connectivity index (χ0v) is 15.3. The van der Waals surface area contributed by atoms with Crippen LogP contribution in [0.2, 0.25) is 0 Å². The first-order chi connectivity index (χ1) is 11.5. The van der Waals surface area contributed by atoms with E-state index in [4.69, 9.17) is 0 Å². The molecule has 11 heteroatoms. The van der Waals surface area contributed by atoms with E-state index < -0.39 is 10.2 Å². The monoisotopic (exact) mass is 374 g/mol. The number of hydrogen-bond donors (Lipinski definition) is 1. The van der Waals surface area contributed by atoms with Crippen molar-refractivity contribution in [2.45, 2.75) is 24.9 Å². The third-order valence-corrected chi connectivity index (χ3v) is 7.08. The molecule has 2 aliphatic heterocycles. The van der Waals surface area contributed by atoms with Gasteiger partial charge in [0.15, 0.2) is 0 Å². The van der Waals surface area contributed by atoms with Crippen molar-refractivity contribution >= 4 is 27.9 Å². The number of piperazine rings is 1. The number of nitrogens with one attached hydrogen (secondary N) is 1. The van der Waals surface area contributed by atoms with Crippen LogP contribution in [0.25, 0.3) is 0 Å². The molecule has 1 amide bonds. The first kappa shape index (κ1) is 17.6. The quantitative estimate of drug-likeness (QED) is 0.709. The largest absolute Gasteiger partial charge is 0.339 e. The molecule has 0 aromatic carbocycles. The van der Waals surface area contributed by atoms with E-state index >= 15 is 0 Å². The Morgan fingerprint density at radius 2 is 1.75 bits per heavy atom. The number of nitrogens with zero attached hydrogens (tertiary/aromatic N) is 5. The van der Waals surface area contributed by atoms with Gasteiger partial charge in [-0.2, -0.15) is 17.0 Å². The molecular weight excluding hydrogens is 352 g/mol. The third-order valence-electron chi connectivity index (χ3n) is 4.21. The lowest BCUT2D eigenvalue weighted by molar-refractivity contribution is -0.129. The molecule has 0 spiro atoms. The van der Waals surface area contributed by atoms with Gasteiger partial charge in [0.05, 0.1) is 5.75 Å². The second-order valence-corrected chi connectivity index (χ2v) is 8.76. The lowest BCUT2D eigenvalue weighted by Crippen LogP contribution is -2.54. The van der Waals surface area contributed by atoms with Gasteiger partial charge in [-0.25, -0.2) is 4.98 Å². The van der Waals surface area contributed by atoms with Crippen molar-refractivity contribution in [2.24, 2.45) is 0 Å². The van der Waals surface area contributed by atoms with Crippen molar-refractivity contribution in [3.8, 4) is 0 Å². The van der Waals surface area contributed by atoms with Crippen LogP contribution in [0.4, 0.5) is 0 Å². The topological polar surface area (TPSA) is 102 Å². The maximum Gasteiger partial charge on any atom is 0.282 e. The van der Waals surface area contributed by atoms with Crippen LogP contribution in [0.3, 0.4) is 0 Å². The molecule has 3 heterocycles. The smallest absolute Gasteiger partial charge is 0.282 e. The van der Waals surface area contributed by atoms with E-state index in [0.717, 1.165) is 12.8 Å². The summed E-state index contributed by atoms with van der Waals surface area (Å²) in [6.45, 7) is 4.59. The van der Waals surface area contributed by atoms with Crippen molar-refractivity contribution in [3.05, 3.63) is 5.82 Å². The van der Waals surface area contributed by atoms with Gasteiger partial charge in [-0.1, -0.05) is 11.8 Å². The fourth-order valence-corrected chi connectivity index (χ4v) is 5.27. The van der Waals surface area contributed by atoms with Crippen LogP contribution in [-0.2, 0) is 15.0 Å². The molecule has 2 saturated heterocycles. The Morgan fingerprint density at radius 3 is 2.33 bits per heavy atom. The fraction of sp³-hybridized carbons (Fsp3) is 0.769. The van der Waals surface area contributed by atoms with Gasteiger partial charge in [0.1, 0.15) is 5.82 Å². The van der Waals surface area contributed by atoms with Gasteiger partial charge < -0.3 is 4.90 Å². The minimum Gasteiger partial charge on any atom is -0.339 e. The van der Waals surface area contributed by atoms with Crippen molar-refractivity contribution < 1.29 is 13.2 Å². The molecule has 1 aromatic heterocycles. The summed E-state index contributed by atoms with van der Waals surface area (Å²) < 4.78 is 28.0. The van der Waals surface area contributed by atoms with E-state index in [0.29, 0.717) is 50.2 Å². The molecule has 0 unspecified atom stereocenters. The van der Waals surface area contributed by atoms with Gasteiger partial charge >= 0.3 is 0 Å². The van der Waals surface area contributed by atoms with Crippen molar-refractivity contribution in [1.82, 2.24) is 28.7 Å². The summed E-state index contributed by atoms with van der Waals surface area (Å²) in [4.78, 5) is 18.1. The van der Waals surface area contributed by atoms with E-state index in [2.05, 4.69) is 15.2 Å². The number of aromatic amines is 1. The Balaban J connectivity index is 1.48. The predicted molar refractivity (Wildman–Crippen MR) is 89.7 cm³/mol. The standard InChI is InChI=1S/C13H22N6O3S2/c1-11-14-13(16-15-11)23-10-12(20)17-6-8-19(9-7-17)24(21,22)18-4-2-3-5-18/h2-10H2,1H3,(H,14,15,16). The van der Waals surface area contributed by atoms with Gasteiger partial charge in [0, 0.05) is 39.3 Å². The zero-order chi connectivity index (χ0) is 17.2. The van der Waals surface area contributed by atoms with Crippen LogP contribution in [0, 0.1) is 6.92 Å². The Labute approximate surface area is 146 Å². The van der Waals surface area contributed by atoms with E-state index in [1.165, 1.54) is 16.1 Å². The Kier molecular flexibility index (Phi) is 5.42. The Bertz CT molecular complexity index is 678. The van der Waals surface area contributed by atoms with E-state index in [1.807, 2.05) is 0 Å². The van der Waals surface area contributed by atoms with Crippen LogP contribution in [0.5, 0.6) is 0 Å². The average molecular weight is 374 g/mol. The predicted octanol–water partition coefficient (Wildman–Crippen LogP) is -0.310. The number of H-pyrrole nitrogens is 1. The summed E-state index contributed by atoms with van der Waals surface area (Å²) in [5.74, 6) is 0.960. The molecule has 0 radical (unpaired) electrons.